The zero-order valence-electron chi connectivity index (χ0n) is 5.02. The molecule has 1 aromatic rings. The number of aromatic nitrogens is 2. The second kappa shape index (κ2) is 2.02. The SMILES string of the molecule is C1=COC(c2conn2)N1. The summed E-state index contributed by atoms with van der Waals surface area (Å²) in [7, 11) is 0. The van der Waals surface area contributed by atoms with Crippen LogP contribution in [0.1, 0.15) is 11.9 Å². The minimum atomic E-state index is -0.230. The maximum absolute atomic E-state index is 5.04. The van der Waals surface area contributed by atoms with Crippen LogP contribution >= 0.6 is 0 Å². The highest BCUT2D eigenvalue weighted by atomic mass is 16.5. The molecule has 0 radical (unpaired) electrons. The number of nitrogens with one attached hydrogen (secondary N) is 1. The van der Waals surface area contributed by atoms with E-state index >= 15 is 0 Å². The van der Waals surface area contributed by atoms with Gasteiger partial charge < -0.3 is 14.6 Å². The lowest BCUT2D eigenvalue weighted by molar-refractivity contribution is 0.150. The van der Waals surface area contributed by atoms with Crippen LogP contribution in [0.4, 0.5) is 0 Å². The molecule has 1 unspecified atom stereocenters. The van der Waals surface area contributed by atoms with Crippen molar-refractivity contribution in [2.45, 2.75) is 6.23 Å². The van der Waals surface area contributed by atoms with Crippen molar-refractivity contribution < 1.29 is 9.26 Å². The summed E-state index contributed by atoms with van der Waals surface area (Å²) in [6.45, 7) is 0. The molecule has 5 nitrogen and oxygen atoms in total. The highest BCUT2D eigenvalue weighted by molar-refractivity contribution is 4.99. The van der Waals surface area contributed by atoms with E-state index in [1.807, 2.05) is 0 Å². The zero-order valence-corrected chi connectivity index (χ0v) is 5.02. The topological polar surface area (TPSA) is 60.2 Å². The Labute approximate surface area is 56.6 Å². The predicted molar refractivity (Wildman–Crippen MR) is 30.4 cm³/mol. The Kier molecular flexibility index (Phi) is 1.06. The van der Waals surface area contributed by atoms with Gasteiger partial charge in [-0.05, 0) is 0 Å². The third-order valence-electron chi connectivity index (χ3n) is 1.18. The normalized spacial score (nSPS) is 22.2. The van der Waals surface area contributed by atoms with E-state index in [0.29, 0.717) is 5.69 Å². The number of rotatable bonds is 1. The van der Waals surface area contributed by atoms with Crippen LogP contribution in [0.15, 0.2) is 23.2 Å². The van der Waals surface area contributed by atoms with E-state index in [4.69, 9.17) is 4.74 Å². The third kappa shape index (κ3) is 0.717. The van der Waals surface area contributed by atoms with Gasteiger partial charge in [-0.2, -0.15) is 0 Å². The Morgan fingerprint density at radius 1 is 1.60 bits per heavy atom. The zero-order chi connectivity index (χ0) is 6.81. The maximum Gasteiger partial charge on any atom is 0.217 e. The van der Waals surface area contributed by atoms with E-state index in [2.05, 4.69) is 20.2 Å². The number of hydrogen-bond acceptors (Lipinski definition) is 5. The molecule has 0 fully saturated rings. The summed E-state index contributed by atoms with van der Waals surface area (Å²) in [5, 5.41) is 9.84. The summed E-state index contributed by atoms with van der Waals surface area (Å²) in [5.41, 5.74) is 0.644. The second-order valence-electron chi connectivity index (χ2n) is 1.82. The van der Waals surface area contributed by atoms with Gasteiger partial charge in [-0.25, -0.2) is 0 Å². The fourth-order valence-corrected chi connectivity index (χ4v) is 0.725. The van der Waals surface area contributed by atoms with E-state index in [0.717, 1.165) is 0 Å². The molecule has 0 aromatic carbocycles. The Morgan fingerprint density at radius 2 is 2.60 bits per heavy atom. The lowest BCUT2D eigenvalue weighted by Gasteiger charge is -2.04. The van der Waals surface area contributed by atoms with E-state index in [9.17, 15) is 0 Å². The number of hydrogen-bond donors (Lipinski definition) is 1. The van der Waals surface area contributed by atoms with Crippen LogP contribution < -0.4 is 5.32 Å². The van der Waals surface area contributed by atoms with Gasteiger partial charge in [0.15, 0.2) is 12.0 Å². The largest absolute Gasteiger partial charge is 0.471 e. The Morgan fingerprint density at radius 3 is 3.20 bits per heavy atom. The van der Waals surface area contributed by atoms with Crippen molar-refractivity contribution in [1.29, 1.82) is 0 Å². The minimum Gasteiger partial charge on any atom is -0.471 e. The monoisotopic (exact) mass is 139 g/mol. The summed E-state index contributed by atoms with van der Waals surface area (Å²) in [5.74, 6) is 0. The lowest BCUT2D eigenvalue weighted by atomic mass is 10.4. The smallest absolute Gasteiger partial charge is 0.217 e. The van der Waals surface area contributed by atoms with Gasteiger partial charge in [0.2, 0.25) is 6.23 Å². The van der Waals surface area contributed by atoms with Crippen molar-refractivity contribution >= 4 is 0 Å². The molecule has 1 N–H and O–H groups in total. The molecule has 0 saturated carbocycles. The Hall–Kier alpha value is -1.52. The fourth-order valence-electron chi connectivity index (χ4n) is 0.725. The van der Waals surface area contributed by atoms with Gasteiger partial charge in [-0.3, -0.25) is 0 Å². The van der Waals surface area contributed by atoms with Crippen molar-refractivity contribution in [3.8, 4) is 0 Å². The van der Waals surface area contributed by atoms with E-state index in [1.54, 1.807) is 12.5 Å². The first kappa shape index (κ1) is 5.28. The quantitative estimate of drug-likeness (QED) is 0.600. The summed E-state index contributed by atoms with van der Waals surface area (Å²) in [6, 6.07) is 0. The first-order valence-electron chi connectivity index (χ1n) is 2.80. The summed E-state index contributed by atoms with van der Waals surface area (Å²) < 4.78 is 9.56. The predicted octanol–water partition coefficient (Wildman–Crippen LogP) is 0.159. The van der Waals surface area contributed by atoms with E-state index in [-0.39, 0.29) is 6.23 Å². The molecule has 2 rings (SSSR count). The highest BCUT2D eigenvalue weighted by Gasteiger charge is 2.16. The number of nitrogens with zero attached hydrogens (tertiary/aromatic N) is 2. The molecule has 2 heterocycles. The van der Waals surface area contributed by atoms with Crippen molar-refractivity contribution in [1.82, 2.24) is 15.7 Å². The highest BCUT2D eigenvalue weighted by Crippen LogP contribution is 2.14. The van der Waals surface area contributed by atoms with Crippen molar-refractivity contribution in [3.63, 3.8) is 0 Å². The molecule has 0 amide bonds. The maximum atomic E-state index is 5.04. The molecule has 0 aliphatic carbocycles. The van der Waals surface area contributed by atoms with Crippen molar-refractivity contribution in [3.05, 3.63) is 24.4 Å². The van der Waals surface area contributed by atoms with Gasteiger partial charge >= 0.3 is 0 Å². The fraction of sp³-hybridized carbons (Fsp3) is 0.200. The first-order valence-corrected chi connectivity index (χ1v) is 2.80. The molecule has 1 aliphatic heterocycles. The van der Waals surface area contributed by atoms with Crippen LogP contribution in [-0.2, 0) is 4.74 Å². The molecule has 5 heteroatoms. The Balaban J connectivity index is 2.14. The summed E-state index contributed by atoms with van der Waals surface area (Å²) in [4.78, 5) is 0. The van der Waals surface area contributed by atoms with E-state index < -0.39 is 0 Å². The molecule has 10 heavy (non-hydrogen) atoms. The van der Waals surface area contributed by atoms with Crippen LogP contribution in [-0.4, -0.2) is 10.4 Å². The molecule has 0 bridgehead atoms. The van der Waals surface area contributed by atoms with Crippen LogP contribution in [0, 0.1) is 0 Å². The van der Waals surface area contributed by atoms with Gasteiger partial charge in [0.1, 0.15) is 6.26 Å². The molecular weight excluding hydrogens is 134 g/mol. The minimum absolute atomic E-state index is 0.230. The lowest BCUT2D eigenvalue weighted by Crippen LogP contribution is -2.11. The van der Waals surface area contributed by atoms with Crippen molar-refractivity contribution in [2.24, 2.45) is 0 Å². The standard InChI is InChI=1S/C5H5N3O2/c1-2-9-5(6-1)4-3-10-8-7-4/h1-3,5-6H. The Bertz CT molecular complexity index is 223. The third-order valence-corrected chi connectivity index (χ3v) is 1.18. The molecule has 1 atom stereocenters. The molecular formula is C5H5N3O2. The van der Waals surface area contributed by atoms with E-state index in [1.165, 1.54) is 6.26 Å². The van der Waals surface area contributed by atoms with Crippen LogP contribution in [0.3, 0.4) is 0 Å². The van der Waals surface area contributed by atoms with Crippen LogP contribution in [0.5, 0.6) is 0 Å². The second-order valence-corrected chi connectivity index (χ2v) is 1.82. The van der Waals surface area contributed by atoms with Crippen LogP contribution in [0.2, 0.25) is 0 Å². The van der Waals surface area contributed by atoms with Gasteiger partial charge in [-0.1, -0.05) is 0 Å². The first-order chi connectivity index (χ1) is 4.97. The average molecular weight is 139 g/mol. The molecule has 52 valence electrons. The molecule has 0 spiro atoms. The molecule has 1 aliphatic rings. The van der Waals surface area contributed by atoms with Gasteiger partial charge in [-0.15, -0.1) is 5.10 Å². The number of ether oxygens (including phenoxy) is 1. The van der Waals surface area contributed by atoms with Crippen molar-refractivity contribution in [2.75, 3.05) is 0 Å². The van der Waals surface area contributed by atoms with Gasteiger partial charge in [0.25, 0.3) is 0 Å². The summed E-state index contributed by atoms with van der Waals surface area (Å²) in [6.07, 6.45) is 4.45. The molecule has 1 aromatic heterocycles. The summed E-state index contributed by atoms with van der Waals surface area (Å²) >= 11 is 0. The van der Waals surface area contributed by atoms with Gasteiger partial charge in [0.05, 0.1) is 0 Å². The molecule has 0 saturated heterocycles. The van der Waals surface area contributed by atoms with Gasteiger partial charge in [0, 0.05) is 11.5 Å². The van der Waals surface area contributed by atoms with Crippen LogP contribution in [0.25, 0.3) is 0 Å². The average Bonchev–Trinajstić information content (AvgIpc) is 2.59.